The molecular formula is C14H15N3. The van der Waals surface area contributed by atoms with Crippen molar-refractivity contribution in [2.75, 3.05) is 12.5 Å². The highest BCUT2D eigenvalue weighted by Gasteiger charge is 1.99. The zero-order valence-electron chi connectivity index (χ0n) is 9.72. The Bertz CT molecular complexity index is 477. The van der Waals surface area contributed by atoms with Gasteiger partial charge >= 0.3 is 0 Å². The van der Waals surface area contributed by atoms with Crippen LogP contribution in [0, 0.1) is 0 Å². The summed E-state index contributed by atoms with van der Waals surface area (Å²) >= 11 is 0. The van der Waals surface area contributed by atoms with Crippen LogP contribution < -0.4 is 10.9 Å². The fraction of sp³-hybridized carbons (Fsp3) is 0.0714. The third-order valence-electron chi connectivity index (χ3n) is 2.37. The normalized spacial score (nSPS) is 11.0. The Hall–Kier alpha value is -2.29. The quantitative estimate of drug-likeness (QED) is 0.478. The maximum absolute atomic E-state index is 4.22. The number of hydrazine groups is 1. The van der Waals surface area contributed by atoms with Gasteiger partial charge in [0.05, 0.1) is 5.69 Å². The van der Waals surface area contributed by atoms with Crippen LogP contribution in [0.2, 0.25) is 0 Å². The Labute approximate surface area is 101 Å². The number of nitrogens with zero attached hydrogens (tertiary/aromatic N) is 1. The second-order valence-electron chi connectivity index (χ2n) is 3.55. The highest BCUT2D eigenvalue weighted by molar-refractivity contribution is 5.99. The second kappa shape index (κ2) is 5.70. The van der Waals surface area contributed by atoms with Crippen LogP contribution in [0.5, 0.6) is 0 Å². The SMILES string of the molecule is CN=C(NNc1ccccc1)c1ccccc1. The van der Waals surface area contributed by atoms with Crippen LogP contribution in [0.3, 0.4) is 0 Å². The van der Waals surface area contributed by atoms with Gasteiger partial charge in [-0.05, 0) is 12.1 Å². The lowest BCUT2D eigenvalue weighted by Crippen LogP contribution is -2.30. The van der Waals surface area contributed by atoms with E-state index in [1.54, 1.807) is 7.05 Å². The first-order valence-electron chi connectivity index (χ1n) is 5.49. The number of benzene rings is 2. The van der Waals surface area contributed by atoms with E-state index in [1.165, 1.54) is 0 Å². The molecule has 0 aromatic heterocycles. The Morgan fingerprint density at radius 2 is 1.47 bits per heavy atom. The van der Waals surface area contributed by atoms with Gasteiger partial charge in [0, 0.05) is 12.6 Å². The van der Waals surface area contributed by atoms with E-state index in [1.807, 2.05) is 60.7 Å². The molecular weight excluding hydrogens is 210 g/mol. The van der Waals surface area contributed by atoms with Crippen molar-refractivity contribution in [2.24, 2.45) is 4.99 Å². The molecule has 0 atom stereocenters. The Balaban J connectivity index is 2.03. The van der Waals surface area contributed by atoms with Gasteiger partial charge in [-0.3, -0.25) is 15.8 Å². The van der Waals surface area contributed by atoms with Gasteiger partial charge in [-0.2, -0.15) is 0 Å². The van der Waals surface area contributed by atoms with Gasteiger partial charge < -0.3 is 0 Å². The molecule has 0 radical (unpaired) electrons. The number of aliphatic imine (C=N–C) groups is 1. The summed E-state index contributed by atoms with van der Waals surface area (Å²) in [6.07, 6.45) is 0. The molecule has 3 heteroatoms. The summed E-state index contributed by atoms with van der Waals surface area (Å²) in [5.41, 5.74) is 8.27. The van der Waals surface area contributed by atoms with Crippen molar-refractivity contribution in [1.82, 2.24) is 5.43 Å². The molecule has 86 valence electrons. The van der Waals surface area contributed by atoms with Crippen LogP contribution in [-0.4, -0.2) is 12.9 Å². The van der Waals surface area contributed by atoms with Crippen molar-refractivity contribution in [3.63, 3.8) is 0 Å². The molecule has 0 saturated heterocycles. The van der Waals surface area contributed by atoms with E-state index in [0.29, 0.717) is 0 Å². The Morgan fingerprint density at radius 3 is 2.06 bits per heavy atom. The molecule has 0 heterocycles. The van der Waals surface area contributed by atoms with Crippen LogP contribution >= 0.6 is 0 Å². The van der Waals surface area contributed by atoms with Gasteiger partial charge in [0.1, 0.15) is 5.84 Å². The maximum Gasteiger partial charge on any atom is 0.146 e. The number of amidine groups is 1. The summed E-state index contributed by atoms with van der Waals surface area (Å²) in [5, 5.41) is 0. The molecule has 0 aliphatic heterocycles. The number of nitrogens with one attached hydrogen (secondary N) is 2. The third-order valence-corrected chi connectivity index (χ3v) is 2.37. The lowest BCUT2D eigenvalue weighted by Gasteiger charge is -2.11. The number of anilines is 1. The van der Waals surface area contributed by atoms with Gasteiger partial charge in [-0.15, -0.1) is 0 Å². The van der Waals surface area contributed by atoms with Crippen molar-refractivity contribution in [3.05, 3.63) is 66.2 Å². The lowest BCUT2D eigenvalue weighted by molar-refractivity contribution is 1.10. The zero-order valence-corrected chi connectivity index (χ0v) is 9.72. The van der Waals surface area contributed by atoms with E-state index in [2.05, 4.69) is 15.8 Å². The van der Waals surface area contributed by atoms with Gasteiger partial charge in [0.2, 0.25) is 0 Å². The van der Waals surface area contributed by atoms with Crippen LogP contribution in [0.4, 0.5) is 5.69 Å². The topological polar surface area (TPSA) is 36.4 Å². The highest BCUT2D eigenvalue weighted by atomic mass is 15.4. The lowest BCUT2D eigenvalue weighted by atomic mass is 10.2. The van der Waals surface area contributed by atoms with Crippen molar-refractivity contribution in [2.45, 2.75) is 0 Å². The molecule has 0 amide bonds. The molecule has 0 unspecified atom stereocenters. The minimum atomic E-state index is 0.814. The predicted molar refractivity (Wildman–Crippen MR) is 72.1 cm³/mol. The Kier molecular flexibility index (Phi) is 3.76. The Morgan fingerprint density at radius 1 is 0.882 bits per heavy atom. The standard InChI is InChI=1S/C14H15N3/c1-15-14(12-8-4-2-5-9-12)17-16-13-10-6-3-7-11-13/h2-11,16H,1H3,(H,15,17). The maximum atomic E-state index is 4.22. The van der Waals surface area contributed by atoms with E-state index in [-0.39, 0.29) is 0 Å². The van der Waals surface area contributed by atoms with Crippen LogP contribution in [0.1, 0.15) is 5.56 Å². The smallest absolute Gasteiger partial charge is 0.146 e. The summed E-state index contributed by atoms with van der Waals surface area (Å²) in [6.45, 7) is 0. The van der Waals surface area contributed by atoms with Crippen molar-refractivity contribution >= 4 is 11.5 Å². The largest absolute Gasteiger partial charge is 0.300 e. The average Bonchev–Trinajstić information content (AvgIpc) is 2.42. The van der Waals surface area contributed by atoms with Gasteiger partial charge in [0.25, 0.3) is 0 Å². The minimum absolute atomic E-state index is 0.814. The summed E-state index contributed by atoms with van der Waals surface area (Å²) in [6, 6.07) is 19.9. The number of hydrogen-bond acceptors (Lipinski definition) is 2. The number of para-hydroxylation sites is 1. The summed E-state index contributed by atoms with van der Waals surface area (Å²) in [5.74, 6) is 0.814. The summed E-state index contributed by atoms with van der Waals surface area (Å²) < 4.78 is 0. The molecule has 0 aliphatic carbocycles. The van der Waals surface area contributed by atoms with E-state index < -0.39 is 0 Å². The minimum Gasteiger partial charge on any atom is -0.300 e. The fourth-order valence-electron chi connectivity index (χ4n) is 1.51. The van der Waals surface area contributed by atoms with Crippen molar-refractivity contribution in [3.8, 4) is 0 Å². The molecule has 17 heavy (non-hydrogen) atoms. The fourth-order valence-corrected chi connectivity index (χ4v) is 1.51. The number of rotatable bonds is 3. The molecule has 0 aliphatic rings. The van der Waals surface area contributed by atoms with E-state index in [9.17, 15) is 0 Å². The highest BCUT2D eigenvalue weighted by Crippen LogP contribution is 2.04. The first-order chi connectivity index (χ1) is 8.40. The third kappa shape index (κ3) is 3.08. The van der Waals surface area contributed by atoms with Crippen LogP contribution in [0.25, 0.3) is 0 Å². The van der Waals surface area contributed by atoms with Gasteiger partial charge in [-0.1, -0.05) is 48.5 Å². The predicted octanol–water partition coefficient (Wildman–Crippen LogP) is 2.68. The molecule has 2 rings (SSSR count). The molecule has 0 saturated carbocycles. The van der Waals surface area contributed by atoms with Crippen molar-refractivity contribution in [1.29, 1.82) is 0 Å². The monoisotopic (exact) mass is 225 g/mol. The van der Waals surface area contributed by atoms with E-state index in [0.717, 1.165) is 17.1 Å². The molecule has 2 N–H and O–H groups in total. The molecule has 3 nitrogen and oxygen atoms in total. The first kappa shape index (κ1) is 11.2. The van der Waals surface area contributed by atoms with E-state index >= 15 is 0 Å². The van der Waals surface area contributed by atoms with Gasteiger partial charge in [-0.25, -0.2) is 0 Å². The van der Waals surface area contributed by atoms with Gasteiger partial charge in [0.15, 0.2) is 0 Å². The second-order valence-corrected chi connectivity index (χ2v) is 3.55. The van der Waals surface area contributed by atoms with Crippen molar-refractivity contribution < 1.29 is 0 Å². The molecule has 2 aromatic rings. The molecule has 2 aromatic carbocycles. The average molecular weight is 225 g/mol. The molecule has 0 spiro atoms. The summed E-state index contributed by atoms with van der Waals surface area (Å²) in [7, 11) is 1.77. The van der Waals surface area contributed by atoms with E-state index in [4.69, 9.17) is 0 Å². The first-order valence-corrected chi connectivity index (χ1v) is 5.49. The molecule has 0 fully saturated rings. The number of hydrogen-bond donors (Lipinski definition) is 2. The van der Waals surface area contributed by atoms with Crippen LogP contribution in [0.15, 0.2) is 65.7 Å². The molecule has 0 bridgehead atoms. The van der Waals surface area contributed by atoms with Crippen LogP contribution in [-0.2, 0) is 0 Å². The zero-order chi connectivity index (χ0) is 11.9. The summed E-state index contributed by atoms with van der Waals surface area (Å²) in [4.78, 5) is 4.22.